The Morgan fingerprint density at radius 3 is 2.59 bits per heavy atom. The zero-order valence-electron chi connectivity index (χ0n) is 17.7. The molecule has 2 rings (SSSR count). The lowest BCUT2D eigenvalue weighted by Gasteiger charge is -2.22. The van der Waals surface area contributed by atoms with Gasteiger partial charge in [-0.15, -0.1) is 11.3 Å². The van der Waals surface area contributed by atoms with Gasteiger partial charge in [-0.25, -0.2) is 24.5 Å². The lowest BCUT2D eigenvalue weighted by Crippen LogP contribution is -2.45. The van der Waals surface area contributed by atoms with Gasteiger partial charge in [0.05, 0.1) is 10.7 Å². The standard InChI is InChI=1S/C20H21N7O4S/c1-20(2,3)31-19(29)27-14(18(28)30-5-4-21)7-17-26-15(11-32-17)12-9-24-16(25-10-12)6-13(23)8-22/h6,9-11,14H,5,7,23H2,1-3H3,(H,27,29)/t14-/m0/s1. The minimum absolute atomic E-state index is 0.0134. The van der Waals surface area contributed by atoms with E-state index in [1.807, 2.05) is 0 Å². The number of rotatable bonds is 7. The van der Waals surface area contributed by atoms with Crippen molar-refractivity contribution in [2.24, 2.45) is 5.73 Å². The molecule has 0 aliphatic rings. The fraction of sp³-hybridized carbons (Fsp3) is 0.350. The number of allylic oxidation sites excluding steroid dienone is 1. The molecule has 0 saturated heterocycles. The molecular weight excluding hydrogens is 434 g/mol. The molecule has 2 heterocycles. The van der Waals surface area contributed by atoms with E-state index in [1.54, 1.807) is 38.3 Å². The van der Waals surface area contributed by atoms with E-state index in [0.717, 1.165) is 0 Å². The second-order valence-corrected chi connectivity index (χ2v) is 8.28. The highest BCUT2D eigenvalue weighted by atomic mass is 32.1. The Bertz CT molecular complexity index is 1080. The second kappa shape index (κ2) is 10.8. The number of nitrogens with two attached hydrogens (primary N) is 1. The quantitative estimate of drug-likeness (QED) is 0.463. The highest BCUT2D eigenvalue weighted by molar-refractivity contribution is 7.10. The van der Waals surface area contributed by atoms with Crippen molar-refractivity contribution in [3.8, 4) is 23.4 Å². The topological polar surface area (TPSA) is 177 Å². The lowest BCUT2D eigenvalue weighted by atomic mass is 10.2. The van der Waals surface area contributed by atoms with Gasteiger partial charge in [-0.05, 0) is 20.8 Å². The first kappa shape index (κ1) is 24.2. The molecule has 0 radical (unpaired) electrons. The number of esters is 1. The molecular formula is C20H21N7O4S. The monoisotopic (exact) mass is 455 g/mol. The van der Waals surface area contributed by atoms with Crippen molar-refractivity contribution in [3.05, 3.63) is 34.3 Å². The summed E-state index contributed by atoms with van der Waals surface area (Å²) >= 11 is 1.27. The Balaban J connectivity index is 2.15. The molecule has 0 spiro atoms. The molecule has 0 aromatic carbocycles. The summed E-state index contributed by atoms with van der Waals surface area (Å²) in [5, 5.41) is 22.1. The first-order valence-corrected chi connectivity index (χ1v) is 10.2. The molecule has 11 nitrogen and oxygen atoms in total. The summed E-state index contributed by atoms with van der Waals surface area (Å²) in [6, 6.07) is 2.41. The molecule has 0 saturated carbocycles. The van der Waals surface area contributed by atoms with E-state index in [9.17, 15) is 9.59 Å². The fourth-order valence-electron chi connectivity index (χ4n) is 2.28. The van der Waals surface area contributed by atoms with Gasteiger partial charge < -0.3 is 20.5 Å². The van der Waals surface area contributed by atoms with Gasteiger partial charge in [0, 0.05) is 35.8 Å². The molecule has 166 valence electrons. The van der Waals surface area contributed by atoms with Crippen molar-refractivity contribution in [2.45, 2.75) is 38.8 Å². The third-order valence-corrected chi connectivity index (χ3v) is 4.44. The van der Waals surface area contributed by atoms with Gasteiger partial charge in [-0.1, -0.05) is 0 Å². The zero-order valence-corrected chi connectivity index (χ0v) is 18.5. The Morgan fingerprint density at radius 2 is 2.00 bits per heavy atom. The van der Waals surface area contributed by atoms with Crippen LogP contribution in [0.5, 0.6) is 0 Å². The van der Waals surface area contributed by atoms with Crippen molar-refractivity contribution in [2.75, 3.05) is 6.61 Å². The Morgan fingerprint density at radius 1 is 1.31 bits per heavy atom. The molecule has 0 unspecified atom stereocenters. The van der Waals surface area contributed by atoms with E-state index in [-0.39, 0.29) is 17.9 Å². The summed E-state index contributed by atoms with van der Waals surface area (Å²) in [6.07, 6.45) is 3.65. The van der Waals surface area contributed by atoms with Crippen molar-refractivity contribution >= 4 is 29.5 Å². The number of aromatic nitrogens is 3. The van der Waals surface area contributed by atoms with Gasteiger partial charge in [0.2, 0.25) is 0 Å². The van der Waals surface area contributed by atoms with Crippen molar-refractivity contribution in [1.82, 2.24) is 20.3 Å². The number of carbonyl (C=O) groups is 2. The zero-order chi connectivity index (χ0) is 23.7. The van der Waals surface area contributed by atoms with E-state index in [0.29, 0.717) is 16.3 Å². The Kier molecular flexibility index (Phi) is 8.21. The average molecular weight is 456 g/mol. The number of alkyl carbamates (subject to hydrolysis) is 1. The molecule has 1 atom stereocenters. The van der Waals surface area contributed by atoms with Crippen LogP contribution in [0.1, 0.15) is 31.6 Å². The highest BCUT2D eigenvalue weighted by Gasteiger charge is 2.27. The van der Waals surface area contributed by atoms with Gasteiger partial charge >= 0.3 is 12.1 Å². The Hall–Kier alpha value is -4.03. The normalized spacial score (nSPS) is 12.2. The summed E-state index contributed by atoms with van der Waals surface area (Å²) in [5.41, 5.74) is 5.86. The second-order valence-electron chi connectivity index (χ2n) is 7.34. The van der Waals surface area contributed by atoms with Gasteiger partial charge in [-0.2, -0.15) is 10.5 Å². The number of hydrogen-bond acceptors (Lipinski definition) is 11. The third kappa shape index (κ3) is 7.66. The lowest BCUT2D eigenvalue weighted by molar-refractivity contribution is -0.144. The van der Waals surface area contributed by atoms with E-state index in [2.05, 4.69) is 20.3 Å². The van der Waals surface area contributed by atoms with E-state index < -0.39 is 30.3 Å². The summed E-state index contributed by atoms with van der Waals surface area (Å²) in [6.45, 7) is 4.64. The molecule has 0 aliphatic carbocycles. The Labute approximate surface area is 188 Å². The van der Waals surface area contributed by atoms with Crippen LogP contribution < -0.4 is 11.1 Å². The fourth-order valence-corrected chi connectivity index (χ4v) is 3.13. The number of nitrogens with zero attached hydrogens (tertiary/aromatic N) is 5. The molecule has 2 aromatic heterocycles. The number of amides is 1. The maximum atomic E-state index is 12.3. The maximum absolute atomic E-state index is 12.3. The van der Waals surface area contributed by atoms with Gasteiger partial charge in [0.1, 0.15) is 29.5 Å². The number of nitriles is 2. The van der Waals surface area contributed by atoms with Crippen molar-refractivity contribution in [1.29, 1.82) is 10.5 Å². The number of hydrogen-bond donors (Lipinski definition) is 2. The van der Waals surface area contributed by atoms with Crippen molar-refractivity contribution in [3.63, 3.8) is 0 Å². The van der Waals surface area contributed by atoms with Crippen LogP contribution in [0.2, 0.25) is 0 Å². The first-order valence-electron chi connectivity index (χ1n) is 9.28. The predicted octanol–water partition coefficient (Wildman–Crippen LogP) is 1.93. The summed E-state index contributed by atoms with van der Waals surface area (Å²) in [4.78, 5) is 37.1. The van der Waals surface area contributed by atoms with Crippen LogP contribution in [0.25, 0.3) is 17.3 Å². The van der Waals surface area contributed by atoms with Crippen molar-refractivity contribution < 1.29 is 19.1 Å². The van der Waals surface area contributed by atoms with E-state index in [4.69, 9.17) is 25.7 Å². The maximum Gasteiger partial charge on any atom is 0.408 e. The number of carbonyl (C=O) groups excluding carboxylic acids is 2. The molecule has 12 heteroatoms. The SMILES string of the molecule is CC(C)(C)OC(=O)N[C@@H](Cc1nc(-c2cnc(C=C(N)C#N)nc2)cs1)C(=O)OCC#N. The van der Waals surface area contributed by atoms with Crippen LogP contribution in [-0.2, 0) is 20.7 Å². The van der Waals surface area contributed by atoms with Crippen LogP contribution >= 0.6 is 11.3 Å². The average Bonchev–Trinajstić information content (AvgIpc) is 3.19. The summed E-state index contributed by atoms with van der Waals surface area (Å²) in [7, 11) is 0. The third-order valence-electron chi connectivity index (χ3n) is 3.57. The first-order chi connectivity index (χ1) is 15.1. The largest absolute Gasteiger partial charge is 0.449 e. The molecule has 0 aliphatic heterocycles. The highest BCUT2D eigenvalue weighted by Crippen LogP contribution is 2.22. The molecule has 3 N–H and O–H groups in total. The minimum Gasteiger partial charge on any atom is -0.449 e. The number of thiazole rings is 1. The van der Waals surface area contributed by atoms with Crippen LogP contribution in [0.3, 0.4) is 0 Å². The van der Waals surface area contributed by atoms with E-state index >= 15 is 0 Å². The minimum atomic E-state index is -1.09. The van der Waals surface area contributed by atoms with Gasteiger partial charge in [0.15, 0.2) is 12.4 Å². The number of nitrogens with one attached hydrogen (secondary N) is 1. The molecule has 0 fully saturated rings. The van der Waals surface area contributed by atoms with Crippen LogP contribution in [0.15, 0.2) is 23.5 Å². The molecule has 32 heavy (non-hydrogen) atoms. The van der Waals surface area contributed by atoms with Gasteiger partial charge in [-0.3, -0.25) is 0 Å². The predicted molar refractivity (Wildman–Crippen MR) is 114 cm³/mol. The smallest absolute Gasteiger partial charge is 0.408 e. The number of ether oxygens (including phenoxy) is 2. The molecule has 1 amide bonds. The molecule has 2 aromatic rings. The van der Waals surface area contributed by atoms with E-state index in [1.165, 1.54) is 29.8 Å². The molecule has 0 bridgehead atoms. The van der Waals surface area contributed by atoms with Crippen LogP contribution in [0.4, 0.5) is 4.79 Å². The van der Waals surface area contributed by atoms with Crippen LogP contribution in [0, 0.1) is 22.7 Å². The van der Waals surface area contributed by atoms with Gasteiger partial charge in [0.25, 0.3) is 0 Å². The summed E-state index contributed by atoms with van der Waals surface area (Å²) in [5.74, 6) is -0.492. The van der Waals surface area contributed by atoms with Crippen LogP contribution in [-0.4, -0.2) is 45.3 Å². The summed E-state index contributed by atoms with van der Waals surface area (Å²) < 4.78 is 10.0.